The van der Waals surface area contributed by atoms with Gasteiger partial charge >= 0.3 is 0 Å². The van der Waals surface area contributed by atoms with E-state index in [1.165, 1.54) is 6.42 Å². The highest BCUT2D eigenvalue weighted by Crippen LogP contribution is 2.10. The van der Waals surface area contributed by atoms with E-state index in [1.807, 2.05) is 0 Å². The predicted octanol–water partition coefficient (Wildman–Crippen LogP) is 1.75. The first-order valence-corrected chi connectivity index (χ1v) is 6.35. The van der Waals surface area contributed by atoms with Crippen molar-refractivity contribution in [3.63, 3.8) is 0 Å². The second kappa shape index (κ2) is 5.00. The Bertz CT molecular complexity index is 65.9. The highest BCUT2D eigenvalue weighted by atomic mass is 28.3. The quantitative estimate of drug-likeness (QED) is 0.594. The summed E-state index contributed by atoms with van der Waals surface area (Å²) in [6, 6.07) is 0. The number of hydrogen-bond donors (Lipinski definition) is 1. The van der Waals surface area contributed by atoms with Crippen LogP contribution in [0.5, 0.6) is 0 Å². The Hall–Kier alpha value is 0.177. The first-order valence-electron chi connectivity index (χ1n) is 3.95. The first kappa shape index (κ1) is 9.18. The Morgan fingerprint density at radius 2 is 2.00 bits per heavy atom. The van der Waals surface area contributed by atoms with Crippen LogP contribution in [0.25, 0.3) is 0 Å². The van der Waals surface area contributed by atoms with E-state index in [4.69, 9.17) is 0 Å². The van der Waals surface area contributed by atoms with E-state index in [9.17, 15) is 0 Å². The van der Waals surface area contributed by atoms with Crippen LogP contribution < -0.4 is 4.98 Å². The van der Waals surface area contributed by atoms with Gasteiger partial charge in [-0.25, -0.2) is 0 Å². The summed E-state index contributed by atoms with van der Waals surface area (Å²) in [5.74, 6) is 0. The molecular weight excluding hydrogens is 126 g/mol. The largest absolute Gasteiger partial charge is 0.340 e. The second-order valence-corrected chi connectivity index (χ2v) is 5.86. The Kier molecular flexibility index (Phi) is 5.10. The summed E-state index contributed by atoms with van der Waals surface area (Å²) >= 11 is 0. The topological polar surface area (TPSA) is 12.0 Å². The summed E-state index contributed by atoms with van der Waals surface area (Å²) in [5, 5.41) is 0. The van der Waals surface area contributed by atoms with Crippen LogP contribution in [-0.2, 0) is 0 Å². The Labute approximate surface area is 60.5 Å². The molecule has 0 aromatic carbocycles. The van der Waals surface area contributed by atoms with Crippen molar-refractivity contribution in [2.45, 2.75) is 39.3 Å². The van der Waals surface area contributed by atoms with Gasteiger partial charge in [0.15, 0.2) is 0 Å². The fourth-order valence-electron chi connectivity index (χ4n) is 0.877. The minimum atomic E-state index is -0.546. The second-order valence-electron chi connectivity index (χ2n) is 2.73. The Morgan fingerprint density at radius 1 is 1.44 bits per heavy atom. The van der Waals surface area contributed by atoms with Crippen molar-refractivity contribution in [2.75, 3.05) is 6.54 Å². The molecule has 0 bridgehead atoms. The van der Waals surface area contributed by atoms with Crippen molar-refractivity contribution >= 4 is 8.96 Å². The maximum atomic E-state index is 3.54. The zero-order chi connectivity index (χ0) is 7.28. The van der Waals surface area contributed by atoms with Gasteiger partial charge in [0.25, 0.3) is 0 Å². The molecule has 0 radical (unpaired) electrons. The molecular formula is C7H19NSi. The van der Waals surface area contributed by atoms with E-state index in [0.717, 1.165) is 12.1 Å². The lowest BCUT2D eigenvalue weighted by Gasteiger charge is -2.16. The van der Waals surface area contributed by atoms with Gasteiger partial charge in [-0.15, -0.1) is 0 Å². The molecule has 0 aromatic heterocycles. The lowest BCUT2D eigenvalue weighted by Crippen LogP contribution is -2.33. The Balaban J connectivity index is 3.32. The molecule has 0 amide bonds. The molecule has 9 heavy (non-hydrogen) atoms. The Morgan fingerprint density at radius 3 is 2.33 bits per heavy atom. The van der Waals surface area contributed by atoms with E-state index < -0.39 is 8.96 Å². The number of rotatable bonds is 4. The van der Waals surface area contributed by atoms with Crippen LogP contribution in [0.15, 0.2) is 0 Å². The van der Waals surface area contributed by atoms with Gasteiger partial charge in [-0.3, -0.25) is 0 Å². The lowest BCUT2D eigenvalue weighted by atomic mass is 10.4. The van der Waals surface area contributed by atoms with E-state index in [2.05, 4.69) is 32.3 Å². The van der Waals surface area contributed by atoms with Crippen molar-refractivity contribution in [1.29, 1.82) is 0 Å². The summed E-state index contributed by atoms with van der Waals surface area (Å²) in [6.07, 6.45) is 1.33. The fraction of sp³-hybridized carbons (Fsp3) is 1.00. The van der Waals surface area contributed by atoms with Gasteiger partial charge in [-0.1, -0.05) is 33.7 Å². The maximum Gasteiger partial charge on any atom is 0.108 e. The first-order chi connectivity index (χ1) is 4.22. The molecule has 0 aliphatic rings. The van der Waals surface area contributed by atoms with Crippen LogP contribution in [-0.4, -0.2) is 15.5 Å². The van der Waals surface area contributed by atoms with E-state index in [0.29, 0.717) is 0 Å². The van der Waals surface area contributed by atoms with Crippen LogP contribution in [0.3, 0.4) is 0 Å². The lowest BCUT2D eigenvalue weighted by molar-refractivity contribution is 0.820. The third-order valence-electron chi connectivity index (χ3n) is 2.02. The molecule has 0 fully saturated rings. The molecule has 0 aliphatic carbocycles. The molecule has 0 spiro atoms. The number of nitrogens with one attached hydrogen (secondary N) is 1. The van der Waals surface area contributed by atoms with Crippen molar-refractivity contribution in [1.82, 2.24) is 4.98 Å². The van der Waals surface area contributed by atoms with Crippen LogP contribution in [0.1, 0.15) is 27.2 Å². The minimum Gasteiger partial charge on any atom is -0.340 e. The van der Waals surface area contributed by atoms with E-state index in [1.54, 1.807) is 0 Å². The normalized spacial score (nSPS) is 17.3. The summed E-state index contributed by atoms with van der Waals surface area (Å²) in [4.78, 5) is 3.54. The van der Waals surface area contributed by atoms with Gasteiger partial charge in [0.1, 0.15) is 8.96 Å². The summed E-state index contributed by atoms with van der Waals surface area (Å²) in [7, 11) is -0.546. The predicted molar refractivity (Wildman–Crippen MR) is 46.4 cm³/mol. The SMILES string of the molecule is CCN[SiH](C)C(C)CC. The molecule has 2 unspecified atom stereocenters. The van der Waals surface area contributed by atoms with Crippen LogP contribution >= 0.6 is 0 Å². The standard InChI is InChI=1S/C7H19NSi/c1-5-7(3)9(4)8-6-2/h7-9H,5-6H2,1-4H3. The molecule has 0 heterocycles. The molecule has 2 heteroatoms. The van der Waals surface area contributed by atoms with Crippen molar-refractivity contribution in [3.8, 4) is 0 Å². The van der Waals surface area contributed by atoms with Gasteiger partial charge < -0.3 is 4.98 Å². The average Bonchev–Trinajstić information content (AvgIpc) is 1.87. The van der Waals surface area contributed by atoms with Crippen LogP contribution in [0.4, 0.5) is 0 Å². The smallest absolute Gasteiger partial charge is 0.108 e. The molecule has 0 aromatic rings. The third-order valence-corrected chi connectivity index (χ3v) is 5.25. The van der Waals surface area contributed by atoms with Crippen molar-refractivity contribution in [2.24, 2.45) is 0 Å². The molecule has 1 nitrogen and oxygen atoms in total. The minimum absolute atomic E-state index is 0.546. The van der Waals surface area contributed by atoms with Crippen molar-refractivity contribution < 1.29 is 0 Å². The molecule has 0 saturated heterocycles. The zero-order valence-electron chi connectivity index (χ0n) is 7.07. The number of hydrogen-bond acceptors (Lipinski definition) is 1. The highest BCUT2D eigenvalue weighted by Gasteiger charge is 2.08. The van der Waals surface area contributed by atoms with Gasteiger partial charge in [-0.05, 0) is 12.1 Å². The summed E-state index contributed by atoms with van der Waals surface area (Å²) in [6.45, 7) is 10.3. The molecule has 0 saturated carbocycles. The molecule has 1 N–H and O–H groups in total. The molecule has 2 atom stereocenters. The highest BCUT2D eigenvalue weighted by molar-refractivity contribution is 6.56. The molecule has 0 aliphatic heterocycles. The summed E-state index contributed by atoms with van der Waals surface area (Å²) < 4.78 is 0. The van der Waals surface area contributed by atoms with Crippen LogP contribution in [0, 0.1) is 0 Å². The fourth-order valence-corrected chi connectivity index (χ4v) is 2.63. The van der Waals surface area contributed by atoms with Crippen molar-refractivity contribution in [3.05, 3.63) is 0 Å². The zero-order valence-corrected chi connectivity index (χ0v) is 8.22. The monoisotopic (exact) mass is 145 g/mol. The summed E-state index contributed by atoms with van der Waals surface area (Å²) in [5.41, 5.74) is 0.949. The average molecular weight is 145 g/mol. The maximum absolute atomic E-state index is 3.54. The van der Waals surface area contributed by atoms with Gasteiger partial charge in [0, 0.05) is 0 Å². The van der Waals surface area contributed by atoms with E-state index in [-0.39, 0.29) is 0 Å². The molecule has 56 valence electrons. The van der Waals surface area contributed by atoms with Crippen LogP contribution in [0.2, 0.25) is 12.1 Å². The third kappa shape index (κ3) is 3.70. The molecule has 0 rings (SSSR count). The van der Waals surface area contributed by atoms with Gasteiger partial charge in [0.2, 0.25) is 0 Å². The van der Waals surface area contributed by atoms with Gasteiger partial charge in [-0.2, -0.15) is 0 Å². The van der Waals surface area contributed by atoms with E-state index >= 15 is 0 Å². The van der Waals surface area contributed by atoms with Gasteiger partial charge in [0.05, 0.1) is 0 Å².